The molecule has 0 saturated heterocycles. The zero-order valence-corrected chi connectivity index (χ0v) is 13.6. The molecule has 4 rings (SSSR count). The molecule has 4 aromatic rings. The Morgan fingerprint density at radius 3 is 2.65 bits per heavy atom. The largest absolute Gasteiger partial charge is 0.418 e. The molecule has 0 spiro atoms. The monoisotopic (exact) mass is 378 g/mol. The van der Waals surface area contributed by atoms with E-state index in [0.29, 0.717) is 5.82 Å². The minimum Gasteiger partial charge on any atom is -0.382 e. The fraction of sp³-hybridized carbons (Fsp3) is 0.0667. The average molecular weight is 378 g/mol. The van der Waals surface area contributed by atoms with Crippen LogP contribution >= 0.6 is 11.3 Å². The van der Waals surface area contributed by atoms with Gasteiger partial charge in [0.2, 0.25) is 5.82 Å². The van der Waals surface area contributed by atoms with Gasteiger partial charge in [0.05, 0.1) is 16.1 Å². The summed E-state index contributed by atoms with van der Waals surface area (Å²) < 4.78 is 45.7. The van der Waals surface area contributed by atoms with E-state index >= 15 is 0 Å². The van der Waals surface area contributed by atoms with Crippen molar-refractivity contribution in [2.75, 3.05) is 5.73 Å². The van der Waals surface area contributed by atoms with Gasteiger partial charge in [-0.2, -0.15) is 22.8 Å². The topological polar surface area (TPSA) is 95.7 Å². The van der Waals surface area contributed by atoms with Gasteiger partial charge >= 0.3 is 6.18 Å². The molecular weight excluding hydrogens is 369 g/mol. The Hall–Kier alpha value is -3.21. The van der Waals surface area contributed by atoms with E-state index in [1.54, 1.807) is 6.07 Å². The van der Waals surface area contributed by atoms with Crippen LogP contribution in [0.2, 0.25) is 0 Å². The van der Waals surface area contributed by atoms with Crippen molar-refractivity contribution in [3.05, 3.63) is 47.3 Å². The number of rotatable bonds is 3. The van der Waals surface area contributed by atoms with Crippen LogP contribution in [0.15, 0.2) is 46.3 Å². The highest BCUT2D eigenvalue weighted by Gasteiger charge is 2.35. The van der Waals surface area contributed by atoms with Gasteiger partial charge in [0, 0.05) is 0 Å². The van der Waals surface area contributed by atoms with E-state index in [1.165, 1.54) is 29.5 Å². The van der Waals surface area contributed by atoms with Gasteiger partial charge in [-0.05, 0) is 23.6 Å². The second kappa shape index (κ2) is 5.95. The predicted octanol–water partition coefficient (Wildman–Crippen LogP) is 3.65. The number of hydrogen-bond acceptors (Lipinski definition) is 7. The van der Waals surface area contributed by atoms with Gasteiger partial charge in [-0.25, -0.2) is 0 Å². The van der Waals surface area contributed by atoms with Gasteiger partial charge in [0.25, 0.3) is 5.89 Å². The molecule has 0 atom stereocenters. The van der Waals surface area contributed by atoms with Crippen LogP contribution in [-0.2, 0) is 6.18 Å². The molecule has 0 saturated carbocycles. The van der Waals surface area contributed by atoms with E-state index in [4.69, 9.17) is 10.3 Å². The number of para-hydroxylation sites is 1. The summed E-state index contributed by atoms with van der Waals surface area (Å²) in [4.78, 5) is 4.95. The summed E-state index contributed by atoms with van der Waals surface area (Å²) in [5, 5.41) is 13.2. The molecule has 0 fully saturated rings. The van der Waals surface area contributed by atoms with Crippen LogP contribution in [0.5, 0.6) is 0 Å². The first-order chi connectivity index (χ1) is 12.4. The minimum atomic E-state index is -4.56. The quantitative estimate of drug-likeness (QED) is 0.585. The van der Waals surface area contributed by atoms with Crippen molar-refractivity contribution in [1.29, 1.82) is 0 Å². The van der Waals surface area contributed by atoms with Gasteiger partial charge in [-0.1, -0.05) is 28.6 Å². The average Bonchev–Trinajstić information content (AvgIpc) is 3.34. The van der Waals surface area contributed by atoms with Crippen LogP contribution in [0.25, 0.3) is 28.0 Å². The maximum atomic E-state index is 13.2. The van der Waals surface area contributed by atoms with Gasteiger partial charge < -0.3 is 10.3 Å². The Kier molecular flexibility index (Phi) is 3.72. The lowest BCUT2D eigenvalue weighted by atomic mass is 10.1. The number of hydrogen-bond donors (Lipinski definition) is 1. The smallest absolute Gasteiger partial charge is 0.382 e. The van der Waals surface area contributed by atoms with E-state index in [-0.39, 0.29) is 23.1 Å². The Morgan fingerprint density at radius 1 is 1.12 bits per heavy atom. The van der Waals surface area contributed by atoms with E-state index in [9.17, 15) is 13.2 Å². The summed E-state index contributed by atoms with van der Waals surface area (Å²) in [5.41, 5.74) is 4.84. The Labute approximate surface area is 147 Å². The van der Waals surface area contributed by atoms with Crippen LogP contribution in [0.3, 0.4) is 0 Å². The second-order valence-corrected chi connectivity index (χ2v) is 6.10. The fourth-order valence-corrected chi connectivity index (χ4v) is 2.99. The molecule has 0 bridgehead atoms. The number of nitrogen functional groups attached to an aromatic ring is 1. The van der Waals surface area contributed by atoms with Crippen LogP contribution < -0.4 is 5.73 Å². The van der Waals surface area contributed by atoms with Crippen LogP contribution in [0, 0.1) is 0 Å². The van der Waals surface area contributed by atoms with Crippen molar-refractivity contribution in [2.24, 2.45) is 0 Å². The Balaban J connectivity index is 1.77. The lowest BCUT2D eigenvalue weighted by molar-refractivity contribution is -0.137. The van der Waals surface area contributed by atoms with Crippen LogP contribution in [0.4, 0.5) is 19.0 Å². The van der Waals surface area contributed by atoms with Crippen molar-refractivity contribution in [3.8, 4) is 28.0 Å². The summed E-state index contributed by atoms with van der Waals surface area (Å²) in [6.45, 7) is 0. The van der Waals surface area contributed by atoms with E-state index in [2.05, 4.69) is 20.5 Å². The number of benzene rings is 1. The molecule has 0 unspecified atom stereocenters. The van der Waals surface area contributed by atoms with Gasteiger partial charge in [-0.15, -0.1) is 16.4 Å². The number of alkyl halides is 3. The van der Waals surface area contributed by atoms with Crippen molar-refractivity contribution in [2.45, 2.75) is 6.18 Å². The maximum Gasteiger partial charge on any atom is 0.418 e. The van der Waals surface area contributed by atoms with Gasteiger partial charge in [0.15, 0.2) is 11.5 Å². The molecule has 0 radical (unpaired) electrons. The molecule has 0 aliphatic carbocycles. The Bertz CT molecular complexity index is 1050. The summed E-state index contributed by atoms with van der Waals surface area (Å²) in [6.07, 6.45) is -4.56. The molecular formula is C15H9F3N6OS. The SMILES string of the molecule is Nc1c(-c2nc(-c3cccs3)no2)nnn1-c1ccccc1C(F)(F)F. The number of halogens is 3. The first-order valence-electron chi connectivity index (χ1n) is 7.21. The highest BCUT2D eigenvalue weighted by atomic mass is 32.1. The zero-order valence-electron chi connectivity index (χ0n) is 12.8. The molecule has 0 aliphatic rings. The number of anilines is 1. The summed E-state index contributed by atoms with van der Waals surface area (Å²) in [6, 6.07) is 8.56. The first kappa shape index (κ1) is 16.3. The predicted molar refractivity (Wildman–Crippen MR) is 87.4 cm³/mol. The molecule has 132 valence electrons. The molecule has 7 nitrogen and oxygen atoms in total. The van der Waals surface area contributed by atoms with Crippen molar-refractivity contribution < 1.29 is 17.7 Å². The van der Waals surface area contributed by atoms with Gasteiger partial charge in [-0.3, -0.25) is 0 Å². The fourth-order valence-electron chi connectivity index (χ4n) is 2.34. The highest BCUT2D eigenvalue weighted by molar-refractivity contribution is 7.13. The third kappa shape index (κ3) is 2.71. The number of nitrogens with two attached hydrogens (primary N) is 1. The number of nitrogens with zero attached hydrogens (tertiary/aromatic N) is 5. The molecule has 1 aromatic carbocycles. The maximum absolute atomic E-state index is 13.2. The molecule has 3 aromatic heterocycles. The van der Waals surface area contributed by atoms with Crippen molar-refractivity contribution >= 4 is 17.2 Å². The summed E-state index contributed by atoms with van der Waals surface area (Å²) in [5.74, 6) is 0.171. The molecule has 2 N–H and O–H groups in total. The second-order valence-electron chi connectivity index (χ2n) is 5.15. The third-order valence-electron chi connectivity index (χ3n) is 3.51. The lowest BCUT2D eigenvalue weighted by Crippen LogP contribution is -2.12. The molecule has 26 heavy (non-hydrogen) atoms. The number of aromatic nitrogens is 5. The molecule has 0 amide bonds. The van der Waals surface area contributed by atoms with E-state index < -0.39 is 11.7 Å². The molecule has 0 aliphatic heterocycles. The Morgan fingerprint density at radius 2 is 1.92 bits per heavy atom. The molecule has 3 heterocycles. The standard InChI is InChI=1S/C15H9F3N6OS/c16-15(17,18)8-4-1-2-5-9(8)24-12(19)11(21-23-24)14-20-13(22-25-14)10-6-3-7-26-10/h1-7H,19H2. The summed E-state index contributed by atoms with van der Waals surface area (Å²) >= 11 is 1.41. The summed E-state index contributed by atoms with van der Waals surface area (Å²) in [7, 11) is 0. The van der Waals surface area contributed by atoms with E-state index in [0.717, 1.165) is 15.6 Å². The van der Waals surface area contributed by atoms with Crippen LogP contribution in [0.1, 0.15) is 5.56 Å². The highest BCUT2D eigenvalue weighted by Crippen LogP contribution is 2.35. The lowest BCUT2D eigenvalue weighted by Gasteiger charge is -2.12. The normalized spacial score (nSPS) is 11.8. The van der Waals surface area contributed by atoms with Crippen LogP contribution in [-0.4, -0.2) is 25.1 Å². The van der Waals surface area contributed by atoms with Gasteiger partial charge in [0.1, 0.15) is 0 Å². The van der Waals surface area contributed by atoms with Crippen molar-refractivity contribution in [1.82, 2.24) is 25.1 Å². The third-order valence-corrected chi connectivity index (χ3v) is 4.38. The van der Waals surface area contributed by atoms with Crippen molar-refractivity contribution in [3.63, 3.8) is 0 Å². The minimum absolute atomic E-state index is 0.0114. The zero-order chi connectivity index (χ0) is 18.3. The molecule has 11 heteroatoms. The first-order valence-corrected chi connectivity index (χ1v) is 8.09. The number of thiophene rings is 1. The van der Waals surface area contributed by atoms with E-state index in [1.807, 2.05) is 11.4 Å².